The summed E-state index contributed by atoms with van der Waals surface area (Å²) in [5, 5.41) is 0. The Balaban J connectivity index is 1.76. The summed E-state index contributed by atoms with van der Waals surface area (Å²) in [6.45, 7) is -1.48. The predicted octanol–water partition coefficient (Wildman–Crippen LogP) is 3.68. The van der Waals surface area contributed by atoms with E-state index in [4.69, 9.17) is 28.4 Å². The van der Waals surface area contributed by atoms with Crippen LogP contribution in [-0.4, -0.2) is 53.2 Å². The van der Waals surface area contributed by atoms with E-state index in [1.54, 1.807) is 31.4 Å². The van der Waals surface area contributed by atoms with Crippen molar-refractivity contribution in [3.63, 3.8) is 0 Å². The Kier molecular flexibility index (Phi) is 5.97. The molecule has 2 heterocycles. The smallest absolute Gasteiger partial charge is 0.387 e. The Hall–Kier alpha value is -2.91. The lowest BCUT2D eigenvalue weighted by atomic mass is 9.88. The van der Waals surface area contributed by atoms with E-state index in [1.807, 2.05) is 0 Å². The average molecular weight is 436 g/mol. The second kappa shape index (κ2) is 8.68. The molecule has 0 aliphatic carbocycles. The molecule has 1 fully saturated rings. The number of carbonyl (C=O) groups excluding carboxylic acids is 1. The van der Waals surface area contributed by atoms with Gasteiger partial charge in [0.2, 0.25) is 5.75 Å². The molecule has 7 nitrogen and oxygen atoms in total. The molecule has 2 aromatic rings. The topological polar surface area (TPSA) is 72.5 Å². The van der Waals surface area contributed by atoms with Crippen LogP contribution in [0.1, 0.15) is 15.9 Å². The molecular formula is C22H22F2O7. The van der Waals surface area contributed by atoms with Crippen molar-refractivity contribution in [2.45, 2.75) is 13.2 Å². The van der Waals surface area contributed by atoms with Crippen molar-refractivity contribution in [1.29, 1.82) is 0 Å². The summed E-state index contributed by atoms with van der Waals surface area (Å²) < 4.78 is 58.2. The molecule has 0 atom stereocenters. The van der Waals surface area contributed by atoms with Crippen LogP contribution in [-0.2, 0) is 20.8 Å². The first-order valence-electron chi connectivity index (χ1n) is 9.62. The number of alkyl halides is 2. The van der Waals surface area contributed by atoms with E-state index < -0.39 is 6.61 Å². The molecule has 2 aliphatic rings. The standard InChI is InChI=1S/C22H22F2O7/c1-26-9-22(10-28-11-22)12-30-18-15(5-6-17(27-2)19(18)31-21(23)24)13-3-4-16-14(7-13)8-29-20(16)25/h3-7,21H,8-12H2,1-2H3. The molecular weight excluding hydrogens is 414 g/mol. The van der Waals surface area contributed by atoms with Gasteiger partial charge in [0.1, 0.15) is 13.2 Å². The van der Waals surface area contributed by atoms with Crippen LogP contribution < -0.4 is 14.2 Å². The van der Waals surface area contributed by atoms with Gasteiger partial charge < -0.3 is 28.4 Å². The van der Waals surface area contributed by atoms with Crippen molar-refractivity contribution in [1.82, 2.24) is 0 Å². The van der Waals surface area contributed by atoms with Crippen LogP contribution in [0.2, 0.25) is 0 Å². The normalized spacial score (nSPS) is 16.5. The SMILES string of the molecule is COCC1(COc2c(-c3ccc4c(c3)COC4=O)ccc(OC)c2OC(F)F)COC1. The average Bonchev–Trinajstić information content (AvgIpc) is 3.10. The summed E-state index contributed by atoms with van der Waals surface area (Å²) >= 11 is 0. The van der Waals surface area contributed by atoms with Gasteiger partial charge in [0, 0.05) is 18.2 Å². The van der Waals surface area contributed by atoms with Gasteiger partial charge in [0.05, 0.1) is 37.9 Å². The molecule has 0 unspecified atom stereocenters. The summed E-state index contributed by atoms with van der Waals surface area (Å²) in [5.74, 6) is -0.354. The second-order valence-corrected chi connectivity index (χ2v) is 7.51. The number of benzene rings is 2. The van der Waals surface area contributed by atoms with Crippen LogP contribution in [0.15, 0.2) is 30.3 Å². The Morgan fingerprint density at radius 2 is 1.84 bits per heavy atom. The molecule has 0 spiro atoms. The first kappa shape index (κ1) is 21.3. The number of hydrogen-bond acceptors (Lipinski definition) is 7. The van der Waals surface area contributed by atoms with Gasteiger partial charge in [-0.05, 0) is 29.8 Å². The molecule has 4 rings (SSSR count). The molecule has 0 radical (unpaired) electrons. The summed E-state index contributed by atoms with van der Waals surface area (Å²) in [5.41, 5.74) is 2.00. The van der Waals surface area contributed by atoms with E-state index in [2.05, 4.69) is 0 Å². The number of ether oxygens (including phenoxy) is 6. The quantitative estimate of drug-likeness (QED) is 0.556. The Morgan fingerprint density at radius 3 is 2.48 bits per heavy atom. The number of fused-ring (bicyclic) bond motifs is 1. The molecule has 9 heteroatoms. The van der Waals surface area contributed by atoms with Gasteiger partial charge in [-0.15, -0.1) is 0 Å². The van der Waals surface area contributed by atoms with E-state index in [0.29, 0.717) is 42.1 Å². The van der Waals surface area contributed by atoms with Crippen LogP contribution in [0.3, 0.4) is 0 Å². The van der Waals surface area contributed by atoms with Gasteiger partial charge in [-0.3, -0.25) is 0 Å². The fourth-order valence-corrected chi connectivity index (χ4v) is 3.71. The lowest BCUT2D eigenvalue weighted by molar-refractivity contribution is -0.159. The molecule has 1 saturated heterocycles. The van der Waals surface area contributed by atoms with Crippen molar-refractivity contribution in [3.8, 4) is 28.4 Å². The largest absolute Gasteiger partial charge is 0.493 e. The lowest BCUT2D eigenvalue weighted by Gasteiger charge is -2.40. The fraction of sp³-hybridized carbons (Fsp3) is 0.409. The number of hydrogen-bond donors (Lipinski definition) is 0. The predicted molar refractivity (Wildman–Crippen MR) is 105 cm³/mol. The van der Waals surface area contributed by atoms with Crippen LogP contribution in [0, 0.1) is 5.41 Å². The van der Waals surface area contributed by atoms with Crippen molar-refractivity contribution < 1.29 is 42.0 Å². The van der Waals surface area contributed by atoms with Gasteiger partial charge in [0.15, 0.2) is 11.5 Å². The molecule has 166 valence electrons. The van der Waals surface area contributed by atoms with Crippen LogP contribution in [0.25, 0.3) is 11.1 Å². The van der Waals surface area contributed by atoms with Crippen molar-refractivity contribution in [3.05, 3.63) is 41.5 Å². The van der Waals surface area contributed by atoms with E-state index >= 15 is 0 Å². The summed E-state index contributed by atoms with van der Waals surface area (Å²) in [6, 6.07) is 8.37. The Morgan fingerprint density at radius 1 is 1.06 bits per heavy atom. The minimum atomic E-state index is -3.07. The number of esters is 1. The lowest BCUT2D eigenvalue weighted by Crippen LogP contribution is -2.50. The van der Waals surface area contributed by atoms with Crippen molar-refractivity contribution in [2.75, 3.05) is 40.6 Å². The number of cyclic esters (lactones) is 1. The highest BCUT2D eigenvalue weighted by Crippen LogP contribution is 2.46. The van der Waals surface area contributed by atoms with Crippen LogP contribution in [0.5, 0.6) is 17.2 Å². The monoisotopic (exact) mass is 436 g/mol. The van der Waals surface area contributed by atoms with Gasteiger partial charge in [-0.1, -0.05) is 6.07 Å². The van der Waals surface area contributed by atoms with E-state index in [1.165, 1.54) is 13.2 Å². The van der Waals surface area contributed by atoms with E-state index in [-0.39, 0.29) is 41.8 Å². The third-order valence-electron chi connectivity index (χ3n) is 5.29. The number of methoxy groups -OCH3 is 2. The minimum absolute atomic E-state index is 0.115. The Labute approximate surface area is 177 Å². The van der Waals surface area contributed by atoms with Gasteiger partial charge in [-0.25, -0.2) is 4.79 Å². The van der Waals surface area contributed by atoms with E-state index in [9.17, 15) is 13.6 Å². The minimum Gasteiger partial charge on any atom is -0.493 e. The molecule has 0 N–H and O–H groups in total. The summed E-state index contributed by atoms with van der Waals surface area (Å²) in [7, 11) is 2.94. The maximum atomic E-state index is 13.2. The number of rotatable bonds is 9. The molecule has 2 aromatic carbocycles. The Bertz CT molecular complexity index is 973. The van der Waals surface area contributed by atoms with E-state index in [0.717, 1.165) is 0 Å². The highest BCUT2D eigenvalue weighted by molar-refractivity contribution is 5.94. The van der Waals surface area contributed by atoms with Crippen molar-refractivity contribution in [2.24, 2.45) is 5.41 Å². The maximum absolute atomic E-state index is 13.2. The molecule has 0 bridgehead atoms. The number of carbonyl (C=O) groups is 1. The third kappa shape index (κ3) is 4.15. The first-order valence-corrected chi connectivity index (χ1v) is 9.62. The van der Waals surface area contributed by atoms with Crippen LogP contribution >= 0.6 is 0 Å². The summed E-state index contributed by atoms with van der Waals surface area (Å²) in [6.07, 6.45) is 0. The van der Waals surface area contributed by atoms with Gasteiger partial charge in [0.25, 0.3) is 0 Å². The zero-order valence-corrected chi connectivity index (χ0v) is 17.1. The zero-order chi connectivity index (χ0) is 22.0. The van der Waals surface area contributed by atoms with Gasteiger partial charge in [-0.2, -0.15) is 8.78 Å². The maximum Gasteiger partial charge on any atom is 0.387 e. The number of halogens is 2. The van der Waals surface area contributed by atoms with Gasteiger partial charge >= 0.3 is 12.6 Å². The second-order valence-electron chi connectivity index (χ2n) is 7.51. The molecule has 0 saturated carbocycles. The zero-order valence-electron chi connectivity index (χ0n) is 17.1. The molecule has 2 aliphatic heterocycles. The fourth-order valence-electron chi connectivity index (χ4n) is 3.71. The highest BCUT2D eigenvalue weighted by Gasteiger charge is 2.40. The first-order chi connectivity index (χ1) is 15.0. The molecule has 0 amide bonds. The van der Waals surface area contributed by atoms with Crippen molar-refractivity contribution >= 4 is 5.97 Å². The summed E-state index contributed by atoms with van der Waals surface area (Å²) in [4.78, 5) is 11.8. The third-order valence-corrected chi connectivity index (χ3v) is 5.29. The molecule has 0 aromatic heterocycles. The highest BCUT2D eigenvalue weighted by atomic mass is 19.3. The molecule has 31 heavy (non-hydrogen) atoms. The van der Waals surface area contributed by atoms with Crippen LogP contribution in [0.4, 0.5) is 8.78 Å².